The molecule has 0 radical (unpaired) electrons. The Labute approximate surface area is 171 Å². The standard InChI is InChI=1S/C24H12N6/c25-11-17(12-26)23-19-20(22(30-23)16-9-5-2-6-10-16)24(18(13-27)14-28)29-21(19)15-7-3-1-4-8-15/h1-10,29-30H. The molecule has 2 aromatic heterocycles. The first-order chi connectivity index (χ1) is 14.7. The highest BCUT2D eigenvalue weighted by atomic mass is 14.8. The van der Waals surface area contributed by atoms with Crippen molar-refractivity contribution in [2.45, 2.75) is 0 Å². The van der Waals surface area contributed by atoms with Gasteiger partial charge in [0.15, 0.2) is 11.1 Å². The van der Waals surface area contributed by atoms with E-state index in [4.69, 9.17) is 0 Å². The molecule has 4 aromatic rings. The van der Waals surface area contributed by atoms with E-state index in [1.807, 2.05) is 84.9 Å². The number of nitrogens with one attached hydrogen (secondary N) is 2. The summed E-state index contributed by atoms with van der Waals surface area (Å²) in [6, 6.07) is 26.5. The normalized spacial score (nSPS) is 9.87. The predicted octanol–water partition coefficient (Wildman–Crippen LogP) is 3.23. The van der Waals surface area contributed by atoms with Gasteiger partial charge in [0.1, 0.15) is 24.3 Å². The van der Waals surface area contributed by atoms with Gasteiger partial charge in [0.25, 0.3) is 0 Å². The van der Waals surface area contributed by atoms with Crippen molar-refractivity contribution in [2.75, 3.05) is 0 Å². The predicted molar refractivity (Wildman–Crippen MR) is 112 cm³/mol. The average Bonchev–Trinajstić information content (AvgIpc) is 3.37. The molecule has 4 rings (SSSR count). The Balaban J connectivity index is 2.36. The lowest BCUT2D eigenvalue weighted by atomic mass is 10.0. The molecule has 2 heterocycles. The first-order valence-corrected chi connectivity index (χ1v) is 8.97. The van der Waals surface area contributed by atoms with Crippen LogP contribution in [0.2, 0.25) is 0 Å². The molecular formula is C24H12N6. The lowest BCUT2D eigenvalue weighted by Crippen LogP contribution is -2.08. The fraction of sp³-hybridized carbons (Fsp3) is 0. The van der Waals surface area contributed by atoms with E-state index >= 15 is 0 Å². The average molecular weight is 384 g/mol. The largest absolute Gasteiger partial charge is 0.352 e. The lowest BCUT2D eigenvalue weighted by molar-refractivity contribution is 1.29. The topological polar surface area (TPSA) is 127 Å². The summed E-state index contributed by atoms with van der Waals surface area (Å²) < 4.78 is 0. The summed E-state index contributed by atoms with van der Waals surface area (Å²) in [6.45, 7) is 0. The lowest BCUT2D eigenvalue weighted by Gasteiger charge is -1.99. The number of nitrogens with zero attached hydrogens (tertiary/aromatic N) is 4. The van der Waals surface area contributed by atoms with E-state index in [9.17, 15) is 21.0 Å². The summed E-state index contributed by atoms with van der Waals surface area (Å²) >= 11 is 0. The van der Waals surface area contributed by atoms with E-state index in [0.717, 1.165) is 11.1 Å². The molecule has 0 aliphatic rings. The second-order valence-electron chi connectivity index (χ2n) is 6.43. The quantitative estimate of drug-likeness (QED) is 0.550. The van der Waals surface area contributed by atoms with Gasteiger partial charge in [-0.3, -0.25) is 0 Å². The Hall–Kier alpha value is -5.04. The molecule has 0 aliphatic carbocycles. The second kappa shape index (κ2) is 7.53. The monoisotopic (exact) mass is 384 g/mol. The van der Waals surface area contributed by atoms with Crippen LogP contribution in [0.1, 0.15) is 0 Å². The van der Waals surface area contributed by atoms with Crippen molar-refractivity contribution in [3.05, 3.63) is 71.4 Å². The Kier molecular flexibility index (Phi) is 4.60. The number of nitriles is 4. The molecule has 0 spiro atoms. The Morgan fingerprint density at radius 2 is 0.867 bits per heavy atom. The van der Waals surface area contributed by atoms with Gasteiger partial charge >= 0.3 is 0 Å². The van der Waals surface area contributed by atoms with Crippen molar-refractivity contribution >= 4 is 21.9 Å². The van der Waals surface area contributed by atoms with E-state index < -0.39 is 0 Å². The summed E-state index contributed by atoms with van der Waals surface area (Å²) in [5.41, 5.74) is 2.69. The van der Waals surface area contributed by atoms with Gasteiger partial charge in [-0.2, -0.15) is 21.0 Å². The van der Waals surface area contributed by atoms with Gasteiger partial charge in [-0.15, -0.1) is 0 Å². The van der Waals surface area contributed by atoms with E-state index in [-0.39, 0.29) is 11.1 Å². The number of aromatic amines is 2. The number of benzene rings is 2. The van der Waals surface area contributed by atoms with Crippen LogP contribution in [0.25, 0.3) is 44.4 Å². The molecule has 30 heavy (non-hydrogen) atoms. The van der Waals surface area contributed by atoms with Gasteiger partial charge < -0.3 is 9.97 Å². The van der Waals surface area contributed by atoms with E-state index in [1.54, 1.807) is 0 Å². The first kappa shape index (κ1) is 18.3. The van der Waals surface area contributed by atoms with Crippen LogP contribution in [0.4, 0.5) is 0 Å². The minimum absolute atomic E-state index is 0.0830. The van der Waals surface area contributed by atoms with Crippen LogP contribution in [0.15, 0.2) is 60.7 Å². The molecule has 0 saturated carbocycles. The minimum atomic E-state index is -0.0830. The Morgan fingerprint density at radius 3 is 1.17 bits per heavy atom. The third-order valence-corrected chi connectivity index (χ3v) is 4.82. The molecule has 0 amide bonds. The minimum Gasteiger partial charge on any atom is -0.352 e. The van der Waals surface area contributed by atoms with Gasteiger partial charge in [-0.05, 0) is 11.1 Å². The molecule has 6 heteroatoms. The molecule has 138 valence electrons. The third-order valence-electron chi connectivity index (χ3n) is 4.82. The number of aromatic nitrogens is 2. The summed E-state index contributed by atoms with van der Waals surface area (Å²) in [5, 5.41) is 40.0. The second-order valence-corrected chi connectivity index (χ2v) is 6.43. The van der Waals surface area contributed by atoms with Crippen molar-refractivity contribution in [2.24, 2.45) is 0 Å². The Morgan fingerprint density at radius 1 is 0.533 bits per heavy atom. The van der Waals surface area contributed by atoms with Crippen LogP contribution in [-0.4, -0.2) is 9.97 Å². The zero-order valence-electron chi connectivity index (χ0n) is 15.6. The van der Waals surface area contributed by atoms with Crippen LogP contribution in [-0.2, 0) is 0 Å². The van der Waals surface area contributed by atoms with E-state index in [2.05, 4.69) is 9.97 Å². The molecule has 0 fully saturated rings. The highest BCUT2D eigenvalue weighted by Crippen LogP contribution is 2.30. The van der Waals surface area contributed by atoms with Crippen molar-refractivity contribution in [1.29, 1.82) is 21.0 Å². The van der Waals surface area contributed by atoms with Crippen LogP contribution in [0, 0.1) is 45.3 Å². The maximum Gasteiger partial charge on any atom is 0.153 e. The maximum atomic E-state index is 9.54. The van der Waals surface area contributed by atoms with Gasteiger partial charge in [0.2, 0.25) is 0 Å². The molecule has 2 N–H and O–H groups in total. The molecule has 0 unspecified atom stereocenters. The SMILES string of the molecule is N#CC(C#N)=c1[nH]c(-c2ccccc2)c2c(=C(C#N)C#N)[nH]c(-c3ccccc3)c12. The number of hydrogen-bond donors (Lipinski definition) is 2. The molecular weight excluding hydrogens is 372 g/mol. The van der Waals surface area contributed by atoms with Gasteiger partial charge in [0, 0.05) is 10.8 Å². The van der Waals surface area contributed by atoms with Crippen molar-refractivity contribution in [1.82, 2.24) is 9.97 Å². The summed E-state index contributed by atoms with van der Waals surface area (Å²) in [5.74, 6) is 0. The van der Waals surface area contributed by atoms with Gasteiger partial charge in [0.05, 0.1) is 22.1 Å². The smallest absolute Gasteiger partial charge is 0.153 e. The molecule has 0 aliphatic heterocycles. The highest BCUT2D eigenvalue weighted by Gasteiger charge is 2.20. The molecule has 0 atom stereocenters. The van der Waals surface area contributed by atoms with Crippen molar-refractivity contribution in [3.8, 4) is 46.8 Å². The molecule has 0 saturated heterocycles. The first-order valence-electron chi connectivity index (χ1n) is 8.97. The third kappa shape index (κ3) is 2.79. The number of hydrogen-bond acceptors (Lipinski definition) is 4. The zero-order valence-corrected chi connectivity index (χ0v) is 15.6. The number of rotatable bonds is 2. The fourth-order valence-corrected chi connectivity index (χ4v) is 3.54. The van der Waals surface area contributed by atoms with Crippen LogP contribution >= 0.6 is 0 Å². The highest BCUT2D eigenvalue weighted by molar-refractivity contribution is 6.07. The number of fused-ring (bicyclic) bond motifs is 1. The van der Waals surface area contributed by atoms with Crippen LogP contribution < -0.4 is 10.7 Å². The van der Waals surface area contributed by atoms with E-state index in [1.165, 1.54) is 0 Å². The number of H-pyrrole nitrogens is 2. The summed E-state index contributed by atoms with van der Waals surface area (Å²) in [7, 11) is 0. The summed E-state index contributed by atoms with van der Waals surface area (Å²) in [4.78, 5) is 6.41. The van der Waals surface area contributed by atoms with Gasteiger partial charge in [-0.1, -0.05) is 60.7 Å². The van der Waals surface area contributed by atoms with Crippen LogP contribution in [0.3, 0.4) is 0 Å². The molecule has 2 aromatic carbocycles. The zero-order chi connectivity index (χ0) is 21.1. The Bertz CT molecular complexity index is 1400. The fourth-order valence-electron chi connectivity index (χ4n) is 3.54. The molecule has 6 nitrogen and oxygen atoms in total. The summed E-state index contributed by atoms with van der Waals surface area (Å²) in [6.07, 6.45) is 0. The molecule has 0 bridgehead atoms. The maximum absolute atomic E-state index is 9.54. The van der Waals surface area contributed by atoms with E-state index in [0.29, 0.717) is 32.9 Å². The van der Waals surface area contributed by atoms with Crippen molar-refractivity contribution < 1.29 is 0 Å². The van der Waals surface area contributed by atoms with Crippen LogP contribution in [0.5, 0.6) is 0 Å². The van der Waals surface area contributed by atoms with Crippen molar-refractivity contribution in [3.63, 3.8) is 0 Å². The van der Waals surface area contributed by atoms with Gasteiger partial charge in [-0.25, -0.2) is 0 Å².